The quantitative estimate of drug-likeness (QED) is 0.636. The molecule has 0 radical (unpaired) electrons. The largest absolute Gasteiger partial charge is 0.481 e. The molecule has 1 aliphatic rings. The van der Waals surface area contributed by atoms with E-state index in [2.05, 4.69) is 5.10 Å². The lowest BCUT2D eigenvalue weighted by Crippen LogP contribution is -2.40. The van der Waals surface area contributed by atoms with Crippen molar-refractivity contribution in [2.45, 2.75) is 20.3 Å². The van der Waals surface area contributed by atoms with Crippen LogP contribution in [0.2, 0.25) is 0 Å². The Morgan fingerprint density at radius 1 is 1.30 bits per heavy atom. The molecule has 1 N–H and O–H groups in total. The number of likely N-dealkylation sites (tertiary alicyclic amines) is 1. The van der Waals surface area contributed by atoms with Crippen LogP contribution in [0, 0.1) is 21.4 Å². The highest BCUT2D eigenvalue weighted by molar-refractivity contribution is 5.94. The molecule has 1 fully saturated rings. The Morgan fingerprint density at radius 3 is 2.48 bits per heavy atom. The van der Waals surface area contributed by atoms with Crippen molar-refractivity contribution in [1.82, 2.24) is 14.7 Å². The van der Waals surface area contributed by atoms with Gasteiger partial charge in [0.15, 0.2) is 0 Å². The smallest absolute Gasteiger partial charge is 0.311 e. The van der Waals surface area contributed by atoms with Gasteiger partial charge in [-0.1, -0.05) is 13.8 Å². The summed E-state index contributed by atoms with van der Waals surface area (Å²) in [4.78, 5) is 36.3. The normalized spacial score (nSPS) is 19.4. The third-order valence-corrected chi connectivity index (χ3v) is 5.27. The second-order valence-corrected chi connectivity index (χ2v) is 7.04. The van der Waals surface area contributed by atoms with Gasteiger partial charge in [0, 0.05) is 31.4 Å². The molecule has 1 atom stereocenters. The van der Waals surface area contributed by atoms with Crippen LogP contribution in [-0.2, 0) is 4.79 Å². The van der Waals surface area contributed by atoms with Crippen molar-refractivity contribution in [2.75, 3.05) is 13.1 Å². The molecule has 0 saturated carbocycles. The number of benzene rings is 1. The third-order valence-electron chi connectivity index (χ3n) is 5.27. The molecule has 1 amide bonds. The topological polar surface area (TPSA) is 119 Å². The molecule has 9 heteroatoms. The SMILES string of the molecule is CC(C)C1(C(=O)O)CCN(C(=O)c2cnn(-c3ccc([N+](=O)[O-])cc3)c2)C1. The molecule has 3 rings (SSSR count). The number of nitro benzene ring substituents is 1. The molecule has 27 heavy (non-hydrogen) atoms. The van der Waals surface area contributed by atoms with Gasteiger partial charge < -0.3 is 10.0 Å². The van der Waals surface area contributed by atoms with Gasteiger partial charge in [-0.05, 0) is 24.5 Å². The number of carboxylic acids is 1. The summed E-state index contributed by atoms with van der Waals surface area (Å²) in [5.41, 5.74) is -0.0243. The van der Waals surface area contributed by atoms with E-state index >= 15 is 0 Å². The van der Waals surface area contributed by atoms with Crippen molar-refractivity contribution >= 4 is 17.6 Å². The average Bonchev–Trinajstić information content (AvgIpc) is 3.29. The number of nitro groups is 1. The highest BCUT2D eigenvalue weighted by atomic mass is 16.6. The van der Waals surface area contributed by atoms with E-state index in [-0.39, 0.29) is 24.1 Å². The maximum Gasteiger partial charge on any atom is 0.311 e. The van der Waals surface area contributed by atoms with Crippen LogP contribution in [0.1, 0.15) is 30.6 Å². The minimum atomic E-state index is -0.927. The Morgan fingerprint density at radius 2 is 1.96 bits per heavy atom. The lowest BCUT2D eigenvalue weighted by molar-refractivity contribution is -0.384. The lowest BCUT2D eigenvalue weighted by Gasteiger charge is -2.28. The van der Waals surface area contributed by atoms with Crippen LogP contribution in [0.4, 0.5) is 5.69 Å². The van der Waals surface area contributed by atoms with Crippen molar-refractivity contribution < 1.29 is 19.6 Å². The van der Waals surface area contributed by atoms with Gasteiger partial charge in [0.1, 0.15) is 0 Å². The second-order valence-electron chi connectivity index (χ2n) is 7.04. The number of carbonyl (C=O) groups is 2. The van der Waals surface area contributed by atoms with Gasteiger partial charge in [0.25, 0.3) is 11.6 Å². The van der Waals surface area contributed by atoms with E-state index in [0.717, 1.165) is 0 Å². The van der Waals surface area contributed by atoms with Gasteiger partial charge in [-0.2, -0.15) is 5.10 Å². The van der Waals surface area contributed by atoms with Crippen LogP contribution in [0.3, 0.4) is 0 Å². The highest BCUT2D eigenvalue weighted by Gasteiger charge is 2.48. The van der Waals surface area contributed by atoms with Gasteiger partial charge >= 0.3 is 5.97 Å². The zero-order valence-corrected chi connectivity index (χ0v) is 15.0. The van der Waals surface area contributed by atoms with Crippen LogP contribution in [0.5, 0.6) is 0 Å². The summed E-state index contributed by atoms with van der Waals surface area (Å²) in [6.45, 7) is 4.26. The summed E-state index contributed by atoms with van der Waals surface area (Å²) in [6, 6.07) is 5.82. The number of aromatic nitrogens is 2. The zero-order chi connectivity index (χ0) is 19.8. The van der Waals surface area contributed by atoms with Gasteiger partial charge in [0.2, 0.25) is 0 Å². The molecule has 1 unspecified atom stereocenters. The fourth-order valence-electron chi connectivity index (χ4n) is 3.38. The van der Waals surface area contributed by atoms with Crippen molar-refractivity contribution in [3.05, 3.63) is 52.3 Å². The summed E-state index contributed by atoms with van der Waals surface area (Å²) in [7, 11) is 0. The first-order valence-electron chi connectivity index (χ1n) is 8.57. The first-order chi connectivity index (χ1) is 12.7. The van der Waals surface area contributed by atoms with E-state index in [1.54, 1.807) is 23.2 Å². The molecule has 0 aliphatic carbocycles. The summed E-state index contributed by atoms with van der Waals surface area (Å²) in [6.07, 6.45) is 3.38. The number of amides is 1. The van der Waals surface area contributed by atoms with Crippen molar-refractivity contribution in [1.29, 1.82) is 0 Å². The van der Waals surface area contributed by atoms with Crippen LogP contribution < -0.4 is 0 Å². The predicted molar refractivity (Wildman–Crippen MR) is 95.6 cm³/mol. The predicted octanol–water partition coefficient (Wildman–Crippen LogP) is 2.35. The monoisotopic (exact) mass is 372 g/mol. The number of non-ortho nitro benzene ring substituents is 1. The van der Waals surface area contributed by atoms with E-state index < -0.39 is 16.3 Å². The maximum atomic E-state index is 12.8. The molecular formula is C18H20N4O5. The third kappa shape index (κ3) is 3.27. The summed E-state index contributed by atoms with van der Waals surface area (Å²) < 4.78 is 1.46. The van der Waals surface area contributed by atoms with Gasteiger partial charge in [-0.15, -0.1) is 0 Å². The molecule has 1 aliphatic heterocycles. The molecule has 0 bridgehead atoms. The lowest BCUT2D eigenvalue weighted by atomic mass is 9.76. The van der Waals surface area contributed by atoms with E-state index in [1.165, 1.54) is 23.0 Å². The molecular weight excluding hydrogens is 352 g/mol. The molecule has 1 aromatic heterocycles. The number of hydrogen-bond donors (Lipinski definition) is 1. The van der Waals surface area contributed by atoms with Crippen LogP contribution in [-0.4, -0.2) is 49.7 Å². The van der Waals surface area contributed by atoms with Crippen molar-refractivity contribution in [3.63, 3.8) is 0 Å². The molecule has 1 saturated heterocycles. The minimum Gasteiger partial charge on any atom is -0.481 e. The van der Waals surface area contributed by atoms with Gasteiger partial charge in [-0.25, -0.2) is 4.68 Å². The zero-order valence-electron chi connectivity index (χ0n) is 15.0. The average molecular weight is 372 g/mol. The Hall–Kier alpha value is -3.23. The fraction of sp³-hybridized carbons (Fsp3) is 0.389. The second kappa shape index (κ2) is 6.82. The van der Waals surface area contributed by atoms with E-state index in [0.29, 0.717) is 24.2 Å². The number of hydrogen-bond acceptors (Lipinski definition) is 5. The van der Waals surface area contributed by atoms with E-state index in [1.807, 2.05) is 13.8 Å². The van der Waals surface area contributed by atoms with E-state index in [9.17, 15) is 24.8 Å². The van der Waals surface area contributed by atoms with Crippen LogP contribution in [0.15, 0.2) is 36.7 Å². The van der Waals surface area contributed by atoms with Gasteiger partial charge in [-0.3, -0.25) is 19.7 Å². The molecule has 0 spiro atoms. The van der Waals surface area contributed by atoms with Crippen molar-refractivity contribution in [3.8, 4) is 5.69 Å². The Kier molecular flexibility index (Phi) is 4.69. The molecule has 142 valence electrons. The van der Waals surface area contributed by atoms with Gasteiger partial charge in [0.05, 0.1) is 27.8 Å². The molecule has 2 aromatic rings. The number of carboxylic acid groups (broad SMARTS) is 1. The fourth-order valence-corrected chi connectivity index (χ4v) is 3.38. The number of nitrogens with zero attached hydrogens (tertiary/aromatic N) is 4. The Bertz CT molecular complexity index is 889. The number of aliphatic carboxylic acids is 1. The summed E-state index contributed by atoms with van der Waals surface area (Å²) in [5, 5.41) is 24.5. The molecule has 2 heterocycles. The molecule has 9 nitrogen and oxygen atoms in total. The number of carbonyl (C=O) groups excluding carboxylic acids is 1. The standard InChI is InChI=1S/C18H20N4O5/c1-12(2)18(17(24)25)7-8-20(11-18)16(23)13-9-19-21(10-13)14-3-5-15(6-4-14)22(26)27/h3-6,9-10,12H,7-8,11H2,1-2H3,(H,24,25). The summed E-state index contributed by atoms with van der Waals surface area (Å²) in [5.74, 6) is -1.24. The first-order valence-corrected chi connectivity index (χ1v) is 8.57. The molecule has 1 aromatic carbocycles. The Labute approximate surface area is 155 Å². The minimum absolute atomic E-state index is 0.0297. The maximum absolute atomic E-state index is 12.8. The summed E-state index contributed by atoms with van der Waals surface area (Å²) >= 11 is 0. The van der Waals surface area contributed by atoms with Crippen LogP contribution >= 0.6 is 0 Å². The van der Waals surface area contributed by atoms with Crippen LogP contribution in [0.25, 0.3) is 5.69 Å². The van der Waals surface area contributed by atoms with Crippen molar-refractivity contribution in [2.24, 2.45) is 11.3 Å². The van der Waals surface area contributed by atoms with E-state index in [4.69, 9.17) is 0 Å². The highest BCUT2D eigenvalue weighted by Crippen LogP contribution is 2.38. The first kappa shape index (κ1) is 18.6. The number of rotatable bonds is 5. The Balaban J connectivity index is 1.78.